The van der Waals surface area contributed by atoms with E-state index in [0.29, 0.717) is 12.1 Å². The lowest BCUT2D eigenvalue weighted by molar-refractivity contribution is -0.126. The Morgan fingerprint density at radius 3 is 2.84 bits per heavy atom. The van der Waals surface area contributed by atoms with Crippen molar-refractivity contribution in [3.8, 4) is 0 Å². The van der Waals surface area contributed by atoms with Crippen LogP contribution in [0.5, 0.6) is 0 Å². The van der Waals surface area contributed by atoms with Gasteiger partial charge in [-0.15, -0.1) is 0 Å². The van der Waals surface area contributed by atoms with Crippen LogP contribution in [0, 0.1) is 5.92 Å². The summed E-state index contributed by atoms with van der Waals surface area (Å²) in [5, 5.41) is 6.67. The summed E-state index contributed by atoms with van der Waals surface area (Å²) >= 11 is 3.54. The molecule has 1 aromatic rings. The average molecular weight is 323 g/mol. The molecule has 3 unspecified atom stereocenters. The highest BCUT2D eigenvalue weighted by Crippen LogP contribution is 2.34. The second-order valence-electron chi connectivity index (χ2n) is 5.64. The molecule has 0 aromatic heterocycles. The minimum Gasteiger partial charge on any atom is -0.349 e. The number of nitrogens with one attached hydrogen (secondary N) is 2. The van der Waals surface area contributed by atoms with Crippen molar-refractivity contribution in [2.24, 2.45) is 5.92 Å². The Bertz CT molecular complexity index is 491. The van der Waals surface area contributed by atoms with Gasteiger partial charge in [0.25, 0.3) is 0 Å². The first kappa shape index (κ1) is 13.1. The number of rotatable bonds is 3. The summed E-state index contributed by atoms with van der Waals surface area (Å²) in [6, 6.07) is 9.06. The Kier molecular flexibility index (Phi) is 3.63. The summed E-state index contributed by atoms with van der Waals surface area (Å²) in [5.41, 5.74) is 1.13. The lowest BCUT2D eigenvalue weighted by Crippen LogP contribution is -2.38. The molecular weight excluding hydrogens is 304 g/mol. The van der Waals surface area contributed by atoms with Gasteiger partial charge in [0.05, 0.1) is 12.0 Å². The number of fused-ring (bicyclic) bond motifs is 2. The van der Waals surface area contributed by atoms with Crippen molar-refractivity contribution in [2.45, 2.75) is 44.3 Å². The van der Waals surface area contributed by atoms with E-state index in [2.05, 4.69) is 26.6 Å². The van der Waals surface area contributed by atoms with E-state index in [1.165, 1.54) is 6.42 Å². The summed E-state index contributed by atoms with van der Waals surface area (Å²) in [5.74, 6) is 0.353. The van der Waals surface area contributed by atoms with Crippen molar-refractivity contribution in [2.75, 3.05) is 0 Å². The Morgan fingerprint density at radius 2 is 2.21 bits per heavy atom. The first-order chi connectivity index (χ1) is 9.15. The van der Waals surface area contributed by atoms with Gasteiger partial charge in [-0.2, -0.15) is 0 Å². The van der Waals surface area contributed by atoms with E-state index in [1.54, 1.807) is 0 Å². The minimum atomic E-state index is 0.0437. The molecule has 2 saturated heterocycles. The number of carbonyl (C=O) groups is 1. The van der Waals surface area contributed by atoms with Gasteiger partial charge < -0.3 is 10.6 Å². The molecule has 19 heavy (non-hydrogen) atoms. The maximum atomic E-state index is 12.4. The number of hydrogen-bond donors (Lipinski definition) is 2. The van der Waals surface area contributed by atoms with Crippen LogP contribution in [0.2, 0.25) is 0 Å². The molecule has 2 N–H and O–H groups in total. The van der Waals surface area contributed by atoms with Crippen molar-refractivity contribution in [3.63, 3.8) is 0 Å². The topological polar surface area (TPSA) is 41.1 Å². The zero-order valence-electron chi connectivity index (χ0n) is 11.0. The van der Waals surface area contributed by atoms with E-state index in [1.807, 2.05) is 31.2 Å². The predicted molar refractivity (Wildman–Crippen MR) is 78.8 cm³/mol. The highest BCUT2D eigenvalue weighted by atomic mass is 79.9. The fourth-order valence-corrected chi connectivity index (χ4v) is 3.97. The molecule has 0 saturated carbocycles. The molecule has 1 aromatic carbocycles. The second-order valence-corrected chi connectivity index (χ2v) is 6.50. The standard InChI is InChI=1S/C15H19BrN2O/c1-9(11-4-2-3-5-13(11)16)17-15(19)12-8-10-6-7-14(12)18-10/h2-5,9-10,12,14,18H,6-8H2,1H3,(H,17,19)/t9-,10?,12?,14?/m0/s1. The van der Waals surface area contributed by atoms with Crippen LogP contribution < -0.4 is 10.6 Å². The summed E-state index contributed by atoms with van der Waals surface area (Å²) in [4.78, 5) is 12.4. The maximum absolute atomic E-state index is 12.4. The van der Waals surface area contributed by atoms with E-state index in [4.69, 9.17) is 0 Å². The third kappa shape index (κ3) is 2.56. The highest BCUT2D eigenvalue weighted by molar-refractivity contribution is 9.10. The first-order valence-corrected chi connectivity index (χ1v) is 7.75. The highest BCUT2D eigenvalue weighted by Gasteiger charge is 2.42. The molecule has 2 aliphatic heterocycles. The largest absolute Gasteiger partial charge is 0.349 e. The molecule has 2 bridgehead atoms. The smallest absolute Gasteiger partial charge is 0.225 e. The Labute approximate surface area is 122 Å². The SMILES string of the molecule is C[C@H](NC(=O)C1CC2CCC1N2)c1ccccc1Br. The number of halogens is 1. The van der Waals surface area contributed by atoms with Gasteiger partial charge in [0, 0.05) is 16.6 Å². The van der Waals surface area contributed by atoms with E-state index >= 15 is 0 Å². The fourth-order valence-electron chi connectivity index (χ4n) is 3.34. The van der Waals surface area contributed by atoms with Crippen molar-refractivity contribution < 1.29 is 4.79 Å². The number of amides is 1. The monoisotopic (exact) mass is 322 g/mol. The molecule has 1 amide bonds. The fraction of sp³-hybridized carbons (Fsp3) is 0.533. The first-order valence-electron chi connectivity index (χ1n) is 6.96. The van der Waals surface area contributed by atoms with Gasteiger partial charge >= 0.3 is 0 Å². The molecule has 4 atom stereocenters. The number of carbonyl (C=O) groups excluding carboxylic acids is 1. The Hall–Kier alpha value is -0.870. The molecule has 0 spiro atoms. The van der Waals surface area contributed by atoms with Crippen LogP contribution in [0.25, 0.3) is 0 Å². The zero-order chi connectivity index (χ0) is 13.4. The molecule has 102 valence electrons. The third-order valence-electron chi connectivity index (χ3n) is 4.37. The van der Waals surface area contributed by atoms with Crippen molar-refractivity contribution in [1.29, 1.82) is 0 Å². The van der Waals surface area contributed by atoms with Crippen LogP contribution in [-0.2, 0) is 4.79 Å². The maximum Gasteiger partial charge on any atom is 0.225 e. The molecule has 3 nitrogen and oxygen atoms in total. The number of benzene rings is 1. The van der Waals surface area contributed by atoms with Crippen LogP contribution in [0.1, 0.15) is 37.8 Å². The molecular formula is C15H19BrN2O. The lowest BCUT2D eigenvalue weighted by atomic mass is 9.88. The molecule has 0 radical (unpaired) electrons. The predicted octanol–water partition coefficient (Wildman–Crippen LogP) is 2.77. The Morgan fingerprint density at radius 1 is 1.42 bits per heavy atom. The number of hydrogen-bond acceptors (Lipinski definition) is 2. The zero-order valence-corrected chi connectivity index (χ0v) is 12.6. The van der Waals surface area contributed by atoms with Crippen LogP contribution in [0.3, 0.4) is 0 Å². The quantitative estimate of drug-likeness (QED) is 0.898. The van der Waals surface area contributed by atoms with Gasteiger partial charge in [-0.25, -0.2) is 0 Å². The summed E-state index contributed by atoms with van der Waals surface area (Å²) in [6.45, 7) is 2.04. The van der Waals surface area contributed by atoms with Gasteiger partial charge in [-0.05, 0) is 37.8 Å². The Balaban J connectivity index is 1.65. The second kappa shape index (κ2) is 5.25. The van der Waals surface area contributed by atoms with E-state index < -0.39 is 0 Å². The molecule has 2 fully saturated rings. The summed E-state index contributed by atoms with van der Waals surface area (Å²) < 4.78 is 1.05. The van der Waals surface area contributed by atoms with Gasteiger partial charge in [0.2, 0.25) is 5.91 Å². The van der Waals surface area contributed by atoms with Gasteiger partial charge in [0.1, 0.15) is 0 Å². The van der Waals surface area contributed by atoms with Crippen molar-refractivity contribution in [1.82, 2.24) is 10.6 Å². The summed E-state index contributed by atoms with van der Waals surface area (Å²) in [6.07, 6.45) is 3.37. The van der Waals surface area contributed by atoms with Gasteiger partial charge in [-0.1, -0.05) is 34.1 Å². The van der Waals surface area contributed by atoms with Crippen LogP contribution in [0.4, 0.5) is 0 Å². The van der Waals surface area contributed by atoms with Crippen LogP contribution in [0.15, 0.2) is 28.7 Å². The molecule has 0 aliphatic carbocycles. The van der Waals surface area contributed by atoms with E-state index in [9.17, 15) is 4.79 Å². The lowest BCUT2D eigenvalue weighted by Gasteiger charge is -2.23. The minimum absolute atomic E-state index is 0.0437. The molecule has 3 rings (SSSR count). The molecule has 2 heterocycles. The summed E-state index contributed by atoms with van der Waals surface area (Å²) in [7, 11) is 0. The normalized spacial score (nSPS) is 30.3. The van der Waals surface area contributed by atoms with E-state index in [-0.39, 0.29) is 17.9 Å². The van der Waals surface area contributed by atoms with Crippen LogP contribution >= 0.6 is 15.9 Å². The van der Waals surface area contributed by atoms with Crippen molar-refractivity contribution in [3.05, 3.63) is 34.3 Å². The van der Waals surface area contributed by atoms with Gasteiger partial charge in [-0.3, -0.25) is 4.79 Å². The molecule has 4 heteroatoms. The van der Waals surface area contributed by atoms with Crippen molar-refractivity contribution >= 4 is 21.8 Å². The average Bonchev–Trinajstić information content (AvgIpc) is 3.01. The van der Waals surface area contributed by atoms with Crippen LogP contribution in [-0.4, -0.2) is 18.0 Å². The third-order valence-corrected chi connectivity index (χ3v) is 5.09. The molecule has 2 aliphatic rings. The van der Waals surface area contributed by atoms with Gasteiger partial charge in [0.15, 0.2) is 0 Å². The van der Waals surface area contributed by atoms with E-state index in [0.717, 1.165) is 22.9 Å².